The molecule has 0 heterocycles. The van der Waals surface area contributed by atoms with E-state index in [-0.39, 0.29) is 24.3 Å². The predicted octanol–water partition coefficient (Wildman–Crippen LogP) is 0.337. The van der Waals surface area contributed by atoms with Crippen LogP contribution in [0.5, 0.6) is 0 Å². The van der Waals surface area contributed by atoms with Crippen LogP contribution in [0.4, 0.5) is 10.5 Å². The zero-order chi connectivity index (χ0) is 34.0. The van der Waals surface area contributed by atoms with Gasteiger partial charge in [0.25, 0.3) is 6.47 Å². The van der Waals surface area contributed by atoms with Crippen molar-refractivity contribution in [3.63, 3.8) is 0 Å². The summed E-state index contributed by atoms with van der Waals surface area (Å²) in [6.07, 6.45) is 5.17. The molecule has 0 bridgehead atoms. The fraction of sp³-hybridized carbons (Fsp3) is 0.586. The number of ether oxygens (including phenoxy) is 1. The highest BCUT2D eigenvalue weighted by Crippen LogP contribution is 2.08. The Morgan fingerprint density at radius 3 is 2.05 bits per heavy atom. The van der Waals surface area contributed by atoms with Crippen molar-refractivity contribution in [3.8, 4) is 0 Å². The molecule has 1 aromatic rings. The fourth-order valence-electron chi connectivity index (χ4n) is 2.93. The van der Waals surface area contributed by atoms with E-state index in [1.165, 1.54) is 0 Å². The molecule has 1 aromatic carbocycles. The largest absolute Gasteiger partial charge is 0.463 e. The lowest BCUT2D eigenvalue weighted by atomic mass is 10.0. The number of unbranched alkanes of at least 4 members (excludes halogenated alkanes) is 2. The molecule has 15 nitrogen and oxygen atoms in total. The van der Waals surface area contributed by atoms with Crippen molar-refractivity contribution in [3.05, 3.63) is 29.8 Å². The molecule has 0 fully saturated rings. The highest BCUT2D eigenvalue weighted by Gasteiger charge is 2.23. The summed E-state index contributed by atoms with van der Waals surface area (Å²) in [5.74, 6) is -0.492. The molecular weight excluding hydrogens is 572 g/mol. The molecule has 5 amide bonds. The third kappa shape index (κ3) is 30.7. The smallest absolute Gasteiger partial charge is 0.312 e. The molecule has 0 aliphatic rings. The number of rotatable bonds is 19. The van der Waals surface area contributed by atoms with Crippen LogP contribution in [-0.2, 0) is 35.3 Å². The van der Waals surface area contributed by atoms with E-state index < -0.39 is 12.1 Å². The third-order valence-electron chi connectivity index (χ3n) is 5.21. The van der Waals surface area contributed by atoms with Gasteiger partial charge in [-0.15, -0.1) is 0 Å². The second-order valence-corrected chi connectivity index (χ2v) is 9.30. The number of amides is 5. The summed E-state index contributed by atoms with van der Waals surface area (Å²) >= 11 is 0. The molecule has 0 radical (unpaired) electrons. The summed E-state index contributed by atoms with van der Waals surface area (Å²) < 4.78 is 4.59. The number of carbonyl (C=O) groups is 6. The number of nitrogens with one attached hydrogen (secondary N) is 6. The van der Waals surface area contributed by atoms with Crippen LogP contribution in [0.3, 0.4) is 0 Å². The van der Waals surface area contributed by atoms with Crippen molar-refractivity contribution in [2.45, 2.75) is 65.5 Å². The van der Waals surface area contributed by atoms with E-state index in [9.17, 15) is 28.8 Å². The van der Waals surface area contributed by atoms with E-state index in [0.29, 0.717) is 52.0 Å². The monoisotopic (exact) mass is 626 g/mol. The summed E-state index contributed by atoms with van der Waals surface area (Å²) in [5.41, 5.74) is 12.1. The maximum Gasteiger partial charge on any atom is 0.312 e. The number of aldehydes is 1. The molecule has 1 atom stereocenters. The molecule has 0 saturated carbocycles. The lowest BCUT2D eigenvalue weighted by Crippen LogP contribution is -2.50. The van der Waals surface area contributed by atoms with Gasteiger partial charge in [0.1, 0.15) is 18.9 Å². The minimum absolute atomic E-state index is 0.0281. The van der Waals surface area contributed by atoms with Crippen molar-refractivity contribution in [1.82, 2.24) is 26.6 Å². The van der Waals surface area contributed by atoms with Crippen molar-refractivity contribution in [2.75, 3.05) is 45.7 Å². The van der Waals surface area contributed by atoms with Crippen molar-refractivity contribution >= 4 is 42.7 Å². The van der Waals surface area contributed by atoms with Crippen molar-refractivity contribution in [1.29, 1.82) is 0 Å². The maximum absolute atomic E-state index is 11.8. The molecule has 0 aliphatic carbocycles. The van der Waals surface area contributed by atoms with Gasteiger partial charge in [-0.3, -0.25) is 19.2 Å². The molecular formula is C29H54N8O7. The van der Waals surface area contributed by atoms with Crippen LogP contribution in [0, 0.1) is 5.92 Å². The minimum atomic E-state index is -0.595. The predicted molar refractivity (Wildman–Crippen MR) is 171 cm³/mol. The molecule has 15 heteroatoms. The van der Waals surface area contributed by atoms with Gasteiger partial charge in [-0.05, 0) is 56.5 Å². The van der Waals surface area contributed by atoms with Gasteiger partial charge in [-0.1, -0.05) is 39.3 Å². The van der Waals surface area contributed by atoms with Crippen molar-refractivity contribution in [2.24, 2.45) is 17.4 Å². The lowest BCUT2D eigenvalue weighted by molar-refractivity contribution is -0.130. The highest BCUT2D eigenvalue weighted by molar-refractivity contribution is 5.88. The van der Waals surface area contributed by atoms with Crippen LogP contribution < -0.4 is 43.4 Å². The Morgan fingerprint density at radius 1 is 0.977 bits per heavy atom. The lowest BCUT2D eigenvalue weighted by Gasteiger charge is -2.21. The minimum Gasteiger partial charge on any atom is -0.463 e. The fourth-order valence-corrected chi connectivity index (χ4v) is 2.93. The number of hydrogen-bond donors (Lipinski definition) is 8. The van der Waals surface area contributed by atoms with Gasteiger partial charge in [-0.25, -0.2) is 4.79 Å². The summed E-state index contributed by atoms with van der Waals surface area (Å²) in [6, 6.07) is 6.65. The van der Waals surface area contributed by atoms with Gasteiger partial charge >= 0.3 is 6.03 Å². The number of carbonyl (C=O) groups excluding carboxylic acids is 6. The van der Waals surface area contributed by atoms with Crippen LogP contribution in [-0.4, -0.2) is 83.5 Å². The molecule has 0 saturated heterocycles. The average Bonchev–Trinajstić information content (AvgIpc) is 3.02. The van der Waals surface area contributed by atoms with E-state index in [1.54, 1.807) is 7.05 Å². The normalized spacial score (nSPS) is 9.98. The summed E-state index contributed by atoms with van der Waals surface area (Å²) in [5, 5.41) is 15.7. The Labute approximate surface area is 261 Å². The van der Waals surface area contributed by atoms with Crippen LogP contribution in [0.15, 0.2) is 24.3 Å². The Kier molecular flexibility index (Phi) is 33.4. The van der Waals surface area contributed by atoms with E-state index in [4.69, 9.17) is 11.5 Å². The zero-order valence-electron chi connectivity index (χ0n) is 26.8. The van der Waals surface area contributed by atoms with Gasteiger partial charge in [0.15, 0.2) is 0 Å². The Bertz CT molecular complexity index is 887. The third-order valence-corrected chi connectivity index (χ3v) is 5.21. The quantitative estimate of drug-likeness (QED) is 0.0595. The van der Waals surface area contributed by atoms with Crippen LogP contribution in [0.25, 0.3) is 0 Å². The summed E-state index contributed by atoms with van der Waals surface area (Å²) in [4.78, 5) is 62.8. The first-order valence-corrected chi connectivity index (χ1v) is 14.5. The van der Waals surface area contributed by atoms with E-state index in [0.717, 1.165) is 36.9 Å². The van der Waals surface area contributed by atoms with Gasteiger partial charge in [0, 0.05) is 25.7 Å². The van der Waals surface area contributed by atoms with Crippen molar-refractivity contribution < 1.29 is 33.5 Å². The Morgan fingerprint density at radius 2 is 1.64 bits per heavy atom. The van der Waals surface area contributed by atoms with Gasteiger partial charge in [0.2, 0.25) is 18.2 Å². The van der Waals surface area contributed by atoms with Crippen LogP contribution in [0.1, 0.15) is 58.4 Å². The number of benzene rings is 1. The number of anilines is 1. The second kappa shape index (κ2) is 33.3. The summed E-state index contributed by atoms with van der Waals surface area (Å²) in [6.45, 7) is 8.27. The van der Waals surface area contributed by atoms with Gasteiger partial charge in [-0.2, -0.15) is 0 Å². The van der Waals surface area contributed by atoms with E-state index in [1.807, 2.05) is 52.1 Å². The van der Waals surface area contributed by atoms with E-state index >= 15 is 0 Å². The number of hydrogen-bond acceptors (Lipinski definition) is 10. The van der Waals surface area contributed by atoms with Gasteiger partial charge < -0.3 is 52.9 Å². The number of urea groups is 1. The SMILES string of the molecule is CC(C)C(NC(=O)CCCCCN)C(=O)NCC=O.CCCNC(N)=O.CNCNC=O.CNc1ccc(COC=O)cc1. The second-order valence-electron chi connectivity index (χ2n) is 9.30. The molecule has 0 spiro atoms. The molecule has 0 aromatic heterocycles. The highest BCUT2D eigenvalue weighted by atomic mass is 16.5. The standard InChI is InChI=1S/C13H25N3O3.C9H11NO2.C4H10N2O.C3H8N2O/c1-10(2)12(13(19)15-8-9-17)16-11(18)6-4-3-5-7-14;1-10-9-4-2-8(3-5-9)6-12-7-11;1-2-3-6-4(5)7;1-4-2-5-3-6/h9-10,12H,3-8,14H2,1-2H3,(H,15,19)(H,16,18);2-5,7,10H,6H2,1H3;2-3H2,1H3,(H3,5,6,7);3-4H,2H2,1H3,(H,5,6). The molecule has 252 valence electrons. The maximum atomic E-state index is 11.8. The molecule has 44 heavy (non-hydrogen) atoms. The number of nitrogens with two attached hydrogens (primary N) is 2. The molecule has 1 rings (SSSR count). The first kappa shape index (κ1) is 44.2. The number of primary amides is 1. The zero-order valence-corrected chi connectivity index (χ0v) is 26.8. The molecule has 1 unspecified atom stereocenters. The first-order chi connectivity index (χ1) is 21.1. The van der Waals surface area contributed by atoms with Crippen LogP contribution >= 0.6 is 0 Å². The first-order valence-electron chi connectivity index (χ1n) is 14.5. The Balaban J connectivity index is -0.000000569. The molecule has 0 aliphatic heterocycles. The Hall–Kier alpha value is -4.24. The van der Waals surface area contributed by atoms with Crippen LogP contribution in [0.2, 0.25) is 0 Å². The molecule has 10 N–H and O–H groups in total. The van der Waals surface area contributed by atoms with E-state index in [2.05, 4.69) is 36.6 Å². The average molecular weight is 627 g/mol. The summed E-state index contributed by atoms with van der Waals surface area (Å²) in [7, 11) is 3.62. The topological polar surface area (TPSA) is 236 Å². The van der Waals surface area contributed by atoms with Gasteiger partial charge in [0.05, 0.1) is 13.2 Å².